The van der Waals surface area contributed by atoms with Gasteiger partial charge in [0.05, 0.1) is 5.01 Å². The zero-order valence-corrected chi connectivity index (χ0v) is 15.6. The summed E-state index contributed by atoms with van der Waals surface area (Å²) in [6, 6.07) is 0. The van der Waals surface area contributed by atoms with Gasteiger partial charge in [-0.3, -0.25) is 4.79 Å². The highest BCUT2D eigenvalue weighted by Crippen LogP contribution is 2.33. The summed E-state index contributed by atoms with van der Waals surface area (Å²) in [5, 5.41) is 5.80. The van der Waals surface area contributed by atoms with Crippen LogP contribution in [0.25, 0.3) is 0 Å². The molecule has 0 unspecified atom stereocenters. The first-order valence-electron chi connectivity index (χ1n) is 7.17. The molecule has 8 heteroatoms. The molecule has 3 N–H and O–H groups in total. The first-order valence-corrected chi connectivity index (χ1v) is 8.05. The minimum absolute atomic E-state index is 0. The number of hydrogen-bond acceptors (Lipinski definition) is 5. The minimum Gasteiger partial charge on any atom is -0.349 e. The van der Waals surface area contributed by atoms with Gasteiger partial charge in [0.25, 0.3) is 5.91 Å². The Morgan fingerprint density at radius 2 is 2.05 bits per heavy atom. The molecule has 0 saturated heterocycles. The van der Waals surface area contributed by atoms with Crippen LogP contribution in [-0.2, 0) is 6.42 Å². The molecular formula is C14H26Cl2N4OS. The Labute approximate surface area is 148 Å². The van der Waals surface area contributed by atoms with Crippen LogP contribution in [0, 0.1) is 0 Å². The third-order valence-corrected chi connectivity index (χ3v) is 5.11. The molecule has 0 atom stereocenters. The van der Waals surface area contributed by atoms with Crippen molar-refractivity contribution in [2.24, 2.45) is 5.73 Å². The normalized spacial score (nSPS) is 16.0. The predicted molar refractivity (Wildman–Crippen MR) is 96.6 cm³/mol. The van der Waals surface area contributed by atoms with Crippen molar-refractivity contribution in [1.82, 2.24) is 15.2 Å². The molecule has 1 aliphatic rings. The van der Waals surface area contributed by atoms with Crippen molar-refractivity contribution in [2.45, 2.75) is 37.6 Å². The Morgan fingerprint density at radius 1 is 1.41 bits per heavy atom. The van der Waals surface area contributed by atoms with Crippen molar-refractivity contribution in [3.05, 3.63) is 16.1 Å². The third-order valence-electron chi connectivity index (χ3n) is 4.20. The lowest BCUT2D eigenvalue weighted by molar-refractivity contribution is 0.0895. The molecule has 1 aromatic heterocycles. The summed E-state index contributed by atoms with van der Waals surface area (Å²) in [4.78, 5) is 18.7. The van der Waals surface area contributed by atoms with Crippen LogP contribution in [-0.4, -0.2) is 48.5 Å². The lowest BCUT2D eigenvalue weighted by Gasteiger charge is -2.36. The summed E-state index contributed by atoms with van der Waals surface area (Å²) in [7, 11) is 4.19. The van der Waals surface area contributed by atoms with Crippen LogP contribution in [0.3, 0.4) is 0 Å². The van der Waals surface area contributed by atoms with Gasteiger partial charge in [-0.05, 0) is 33.5 Å². The average molecular weight is 369 g/mol. The Hall–Kier alpha value is -0.400. The number of carbonyl (C=O) groups is 1. The fraction of sp³-hybridized carbons (Fsp3) is 0.714. The topological polar surface area (TPSA) is 71.2 Å². The summed E-state index contributed by atoms with van der Waals surface area (Å²) >= 11 is 1.50. The fourth-order valence-corrected chi connectivity index (χ4v) is 3.60. The Kier molecular flexibility index (Phi) is 9.50. The van der Waals surface area contributed by atoms with Crippen molar-refractivity contribution in [3.8, 4) is 0 Å². The second-order valence-electron chi connectivity index (χ2n) is 5.67. The average Bonchev–Trinajstić information content (AvgIpc) is 3.06. The minimum atomic E-state index is -0.0716. The van der Waals surface area contributed by atoms with Gasteiger partial charge in [-0.2, -0.15) is 0 Å². The second kappa shape index (κ2) is 9.67. The van der Waals surface area contributed by atoms with Crippen molar-refractivity contribution in [2.75, 3.05) is 27.2 Å². The number of hydrogen-bond donors (Lipinski definition) is 2. The fourth-order valence-electron chi connectivity index (χ4n) is 2.80. The van der Waals surface area contributed by atoms with E-state index in [1.165, 1.54) is 24.2 Å². The number of rotatable bonds is 6. The maximum Gasteiger partial charge on any atom is 0.270 e. The lowest BCUT2D eigenvalue weighted by Crippen LogP contribution is -2.50. The van der Waals surface area contributed by atoms with Gasteiger partial charge < -0.3 is 16.0 Å². The summed E-state index contributed by atoms with van der Waals surface area (Å²) in [5.74, 6) is -0.0716. The molecule has 0 aliphatic heterocycles. The van der Waals surface area contributed by atoms with Gasteiger partial charge in [0.15, 0.2) is 0 Å². The highest BCUT2D eigenvalue weighted by molar-refractivity contribution is 7.09. The SMILES string of the molecule is CN(C)C1(CNC(=O)c2csc(CCN)n2)CCCC1.Cl.Cl. The van der Waals surface area contributed by atoms with E-state index in [9.17, 15) is 4.79 Å². The molecule has 0 bridgehead atoms. The van der Waals surface area contributed by atoms with Crippen LogP contribution >= 0.6 is 36.2 Å². The molecule has 22 heavy (non-hydrogen) atoms. The van der Waals surface area contributed by atoms with Crippen LogP contribution in [0.2, 0.25) is 0 Å². The Bertz CT molecular complexity index is 461. The van der Waals surface area contributed by atoms with E-state index < -0.39 is 0 Å². The van der Waals surface area contributed by atoms with Crippen molar-refractivity contribution in [3.63, 3.8) is 0 Å². The molecule has 0 aromatic carbocycles. The number of amides is 1. The molecule has 1 amide bonds. The number of halogens is 2. The maximum absolute atomic E-state index is 12.2. The number of thiazole rings is 1. The largest absolute Gasteiger partial charge is 0.349 e. The summed E-state index contributed by atoms with van der Waals surface area (Å²) in [6.07, 6.45) is 5.52. The first-order chi connectivity index (χ1) is 9.57. The molecule has 0 spiro atoms. The third kappa shape index (κ3) is 5.06. The standard InChI is InChI=1S/C14H24N4OS.2ClH/c1-18(2)14(6-3-4-7-14)10-16-13(19)11-9-20-12(17-11)5-8-15;;/h9H,3-8,10,15H2,1-2H3,(H,16,19);2*1H. The number of nitrogens with two attached hydrogens (primary N) is 1. The van der Waals surface area contributed by atoms with Crippen LogP contribution in [0.1, 0.15) is 41.2 Å². The van der Waals surface area contributed by atoms with Gasteiger partial charge in [-0.15, -0.1) is 36.2 Å². The van der Waals surface area contributed by atoms with Crippen molar-refractivity contribution in [1.29, 1.82) is 0 Å². The summed E-state index contributed by atoms with van der Waals surface area (Å²) in [5.41, 5.74) is 6.13. The smallest absolute Gasteiger partial charge is 0.270 e. The molecule has 128 valence electrons. The predicted octanol–water partition coefficient (Wildman–Crippen LogP) is 2.09. The zero-order chi connectivity index (χ0) is 14.6. The molecule has 5 nitrogen and oxygen atoms in total. The number of aromatic nitrogens is 1. The van der Waals surface area contributed by atoms with Crippen LogP contribution in [0.5, 0.6) is 0 Å². The van der Waals surface area contributed by atoms with Crippen molar-refractivity contribution < 1.29 is 4.79 Å². The molecule has 1 heterocycles. The van der Waals surface area contributed by atoms with E-state index >= 15 is 0 Å². The number of likely N-dealkylation sites (N-methyl/N-ethyl adjacent to an activating group) is 1. The number of nitrogens with one attached hydrogen (secondary N) is 1. The number of carbonyl (C=O) groups excluding carboxylic acids is 1. The van der Waals surface area contributed by atoms with E-state index in [1.54, 1.807) is 0 Å². The Morgan fingerprint density at radius 3 is 2.59 bits per heavy atom. The van der Waals surface area contributed by atoms with E-state index in [1.807, 2.05) is 5.38 Å². The van der Waals surface area contributed by atoms with Crippen LogP contribution < -0.4 is 11.1 Å². The second-order valence-corrected chi connectivity index (χ2v) is 6.62. The highest BCUT2D eigenvalue weighted by atomic mass is 35.5. The van der Waals surface area contributed by atoms with Gasteiger partial charge in [0, 0.05) is 23.9 Å². The first kappa shape index (κ1) is 21.6. The number of nitrogens with zero attached hydrogens (tertiary/aromatic N) is 2. The maximum atomic E-state index is 12.2. The molecule has 1 aliphatic carbocycles. The van der Waals surface area contributed by atoms with Gasteiger partial charge in [0.2, 0.25) is 0 Å². The van der Waals surface area contributed by atoms with Gasteiger partial charge >= 0.3 is 0 Å². The van der Waals surface area contributed by atoms with E-state index in [2.05, 4.69) is 29.3 Å². The molecule has 1 saturated carbocycles. The van der Waals surface area contributed by atoms with Gasteiger partial charge in [0.1, 0.15) is 5.69 Å². The zero-order valence-electron chi connectivity index (χ0n) is 13.1. The van der Waals surface area contributed by atoms with E-state index in [0.29, 0.717) is 18.8 Å². The molecule has 1 fully saturated rings. The van der Waals surface area contributed by atoms with Gasteiger partial charge in [-0.1, -0.05) is 12.8 Å². The van der Waals surface area contributed by atoms with E-state index in [4.69, 9.17) is 5.73 Å². The molecular weight excluding hydrogens is 343 g/mol. The van der Waals surface area contributed by atoms with Crippen molar-refractivity contribution >= 4 is 42.1 Å². The monoisotopic (exact) mass is 368 g/mol. The highest BCUT2D eigenvalue weighted by Gasteiger charge is 2.36. The van der Waals surface area contributed by atoms with E-state index in [0.717, 1.165) is 24.3 Å². The molecule has 1 aromatic rings. The molecule has 0 radical (unpaired) electrons. The van der Waals surface area contributed by atoms with Gasteiger partial charge in [-0.25, -0.2) is 4.98 Å². The molecule has 2 rings (SSSR count). The lowest BCUT2D eigenvalue weighted by atomic mass is 9.96. The summed E-state index contributed by atoms with van der Waals surface area (Å²) in [6.45, 7) is 1.26. The summed E-state index contributed by atoms with van der Waals surface area (Å²) < 4.78 is 0. The Balaban J connectivity index is 0.00000220. The van der Waals surface area contributed by atoms with Crippen LogP contribution in [0.15, 0.2) is 5.38 Å². The van der Waals surface area contributed by atoms with Crippen LogP contribution in [0.4, 0.5) is 0 Å². The van der Waals surface area contributed by atoms with E-state index in [-0.39, 0.29) is 36.3 Å². The quantitative estimate of drug-likeness (QED) is 0.806.